The highest BCUT2D eigenvalue weighted by Crippen LogP contribution is 2.25. The summed E-state index contributed by atoms with van der Waals surface area (Å²) in [5, 5.41) is 0. The number of aryl methyl sites for hydroxylation is 1. The summed E-state index contributed by atoms with van der Waals surface area (Å²) in [5.41, 5.74) is 12.8. The summed E-state index contributed by atoms with van der Waals surface area (Å²) in [6.07, 6.45) is 0.612. The van der Waals surface area contributed by atoms with Crippen LogP contribution in [0.25, 0.3) is 11.3 Å². The van der Waals surface area contributed by atoms with Crippen LogP contribution in [0.4, 0.5) is 0 Å². The molecule has 5 nitrogen and oxygen atoms in total. The maximum Gasteiger partial charge on any atom is 0.271 e. The maximum atomic E-state index is 11.3. The number of nitrogens with two attached hydrogens (primary N) is 2. The Balaban J connectivity index is 2.47. The van der Waals surface area contributed by atoms with Gasteiger partial charge in [-0.05, 0) is 5.56 Å². The molecular weight excluding hydrogens is 230 g/mol. The molecule has 1 heterocycles. The Morgan fingerprint density at radius 2 is 2.00 bits per heavy atom. The molecule has 5 heteroatoms. The molecule has 1 amide bonds. The normalized spacial score (nSPS) is 10.6. The van der Waals surface area contributed by atoms with Gasteiger partial charge in [0.1, 0.15) is 0 Å². The van der Waals surface area contributed by atoms with Crippen LogP contribution in [0.1, 0.15) is 28.9 Å². The van der Waals surface area contributed by atoms with Gasteiger partial charge in [0, 0.05) is 18.5 Å². The largest absolute Gasteiger partial charge is 0.440 e. The fraction of sp³-hybridized carbons (Fsp3) is 0.231. The first-order valence-corrected chi connectivity index (χ1v) is 5.74. The molecule has 18 heavy (non-hydrogen) atoms. The van der Waals surface area contributed by atoms with Gasteiger partial charge in [0.05, 0.1) is 0 Å². The number of aromatic nitrogens is 1. The van der Waals surface area contributed by atoms with Crippen LogP contribution in [0.5, 0.6) is 0 Å². The molecule has 94 valence electrons. The fourth-order valence-corrected chi connectivity index (χ4v) is 1.67. The Bertz CT molecular complexity index is 558. The van der Waals surface area contributed by atoms with Crippen LogP contribution in [-0.4, -0.2) is 10.9 Å². The lowest BCUT2D eigenvalue weighted by atomic mass is 10.1. The number of carbonyl (C=O) groups excluding carboxylic acids is 1. The highest BCUT2D eigenvalue weighted by Gasteiger charge is 2.18. The summed E-state index contributed by atoms with van der Waals surface area (Å²) in [6.45, 7) is 2.37. The van der Waals surface area contributed by atoms with Crippen LogP contribution >= 0.6 is 0 Å². The van der Waals surface area contributed by atoms with Gasteiger partial charge in [-0.3, -0.25) is 4.79 Å². The second-order valence-electron chi connectivity index (χ2n) is 3.90. The molecule has 0 bridgehead atoms. The summed E-state index contributed by atoms with van der Waals surface area (Å²) in [7, 11) is 0. The molecule has 0 aliphatic rings. The van der Waals surface area contributed by atoms with Gasteiger partial charge in [0.2, 0.25) is 0 Å². The number of rotatable bonds is 4. The van der Waals surface area contributed by atoms with E-state index in [1.807, 2.05) is 31.2 Å². The molecule has 0 saturated heterocycles. The van der Waals surface area contributed by atoms with E-state index < -0.39 is 5.91 Å². The molecule has 2 rings (SSSR count). The second-order valence-corrected chi connectivity index (χ2v) is 3.90. The van der Waals surface area contributed by atoms with Gasteiger partial charge in [-0.1, -0.05) is 31.2 Å². The van der Waals surface area contributed by atoms with Gasteiger partial charge in [0.25, 0.3) is 5.91 Å². The van der Waals surface area contributed by atoms with Crippen LogP contribution in [0.2, 0.25) is 0 Å². The number of nitrogens with zero attached hydrogens (tertiary/aromatic N) is 1. The Kier molecular flexibility index (Phi) is 3.43. The number of hydrogen-bond donors (Lipinski definition) is 2. The number of amides is 1. The third-order valence-electron chi connectivity index (χ3n) is 2.66. The van der Waals surface area contributed by atoms with Crippen molar-refractivity contribution in [2.45, 2.75) is 19.9 Å². The monoisotopic (exact) mass is 245 g/mol. The van der Waals surface area contributed by atoms with Gasteiger partial charge >= 0.3 is 0 Å². The van der Waals surface area contributed by atoms with E-state index in [0.29, 0.717) is 24.6 Å². The number of benzene rings is 1. The number of oxazole rings is 1. The van der Waals surface area contributed by atoms with E-state index in [2.05, 4.69) is 4.98 Å². The number of hydrogen-bond acceptors (Lipinski definition) is 4. The summed E-state index contributed by atoms with van der Waals surface area (Å²) in [4.78, 5) is 15.4. The average molecular weight is 245 g/mol. The van der Waals surface area contributed by atoms with E-state index in [1.54, 1.807) is 0 Å². The van der Waals surface area contributed by atoms with Gasteiger partial charge in [-0.15, -0.1) is 0 Å². The van der Waals surface area contributed by atoms with Crippen molar-refractivity contribution >= 4 is 5.91 Å². The van der Waals surface area contributed by atoms with Crippen LogP contribution in [0.15, 0.2) is 28.7 Å². The highest BCUT2D eigenvalue weighted by molar-refractivity contribution is 5.96. The zero-order chi connectivity index (χ0) is 13.1. The van der Waals surface area contributed by atoms with Crippen LogP contribution < -0.4 is 11.5 Å². The smallest absolute Gasteiger partial charge is 0.271 e. The minimum atomic E-state index is -0.587. The minimum Gasteiger partial charge on any atom is -0.440 e. The Labute approximate surface area is 105 Å². The summed E-state index contributed by atoms with van der Waals surface area (Å²) >= 11 is 0. The van der Waals surface area contributed by atoms with Crippen molar-refractivity contribution in [2.24, 2.45) is 11.5 Å². The zero-order valence-corrected chi connectivity index (χ0v) is 10.1. The van der Waals surface area contributed by atoms with Gasteiger partial charge in [-0.25, -0.2) is 4.98 Å². The second kappa shape index (κ2) is 5.01. The van der Waals surface area contributed by atoms with E-state index in [0.717, 1.165) is 11.1 Å². The zero-order valence-electron chi connectivity index (χ0n) is 10.1. The Morgan fingerprint density at radius 1 is 1.33 bits per heavy atom. The predicted molar refractivity (Wildman–Crippen MR) is 67.7 cm³/mol. The highest BCUT2D eigenvalue weighted by atomic mass is 16.4. The van der Waals surface area contributed by atoms with E-state index in [9.17, 15) is 4.79 Å². The third kappa shape index (κ3) is 2.26. The first kappa shape index (κ1) is 12.3. The molecule has 1 aromatic carbocycles. The fourth-order valence-electron chi connectivity index (χ4n) is 1.67. The van der Waals surface area contributed by atoms with Crippen molar-refractivity contribution in [1.29, 1.82) is 0 Å². The molecule has 0 unspecified atom stereocenters. The van der Waals surface area contributed by atoms with Gasteiger partial charge in [0.15, 0.2) is 17.3 Å². The first-order valence-electron chi connectivity index (χ1n) is 5.74. The first-order chi connectivity index (χ1) is 8.65. The van der Waals surface area contributed by atoms with Crippen LogP contribution in [0.3, 0.4) is 0 Å². The van der Waals surface area contributed by atoms with E-state index in [4.69, 9.17) is 15.9 Å². The molecule has 4 N–H and O–H groups in total. The SMILES string of the molecule is CCc1nc(C(N)=O)c(-c2ccc(CN)cc2)o1. The summed E-state index contributed by atoms with van der Waals surface area (Å²) < 4.78 is 5.54. The third-order valence-corrected chi connectivity index (χ3v) is 2.66. The lowest BCUT2D eigenvalue weighted by Crippen LogP contribution is -2.12. The van der Waals surface area contributed by atoms with Crippen LogP contribution in [-0.2, 0) is 13.0 Å². The van der Waals surface area contributed by atoms with Crippen molar-refractivity contribution in [3.63, 3.8) is 0 Å². The molecule has 0 fully saturated rings. The molecule has 0 atom stereocenters. The predicted octanol–water partition coefficient (Wildman–Crippen LogP) is 1.46. The van der Waals surface area contributed by atoms with Crippen molar-refractivity contribution in [2.75, 3.05) is 0 Å². The van der Waals surface area contributed by atoms with Gasteiger partial charge in [-0.2, -0.15) is 0 Å². The maximum absolute atomic E-state index is 11.3. The van der Waals surface area contributed by atoms with Crippen LogP contribution in [0, 0.1) is 0 Å². The van der Waals surface area contributed by atoms with E-state index >= 15 is 0 Å². The summed E-state index contributed by atoms with van der Waals surface area (Å²) in [5.74, 6) is 0.334. The quantitative estimate of drug-likeness (QED) is 0.852. The van der Waals surface area contributed by atoms with E-state index in [-0.39, 0.29) is 5.69 Å². The average Bonchev–Trinajstić information content (AvgIpc) is 2.83. The number of carbonyl (C=O) groups is 1. The molecule has 1 aromatic heterocycles. The van der Waals surface area contributed by atoms with Crippen molar-refractivity contribution in [3.8, 4) is 11.3 Å². The molecule has 0 spiro atoms. The van der Waals surface area contributed by atoms with Crippen molar-refractivity contribution < 1.29 is 9.21 Å². The molecule has 0 saturated carbocycles. The van der Waals surface area contributed by atoms with E-state index in [1.165, 1.54) is 0 Å². The molecule has 0 aliphatic heterocycles. The lowest BCUT2D eigenvalue weighted by molar-refractivity contribution is 0.0996. The lowest BCUT2D eigenvalue weighted by Gasteiger charge is -2.00. The Hall–Kier alpha value is -2.14. The summed E-state index contributed by atoms with van der Waals surface area (Å²) in [6, 6.07) is 7.45. The standard InChI is InChI=1S/C13H15N3O2/c1-2-10-16-11(13(15)17)12(18-10)9-5-3-8(7-14)4-6-9/h3-6H,2,7,14H2,1H3,(H2,15,17). The molecular formula is C13H15N3O2. The molecule has 2 aromatic rings. The van der Waals surface area contributed by atoms with Crippen molar-refractivity contribution in [3.05, 3.63) is 41.4 Å². The minimum absolute atomic E-state index is 0.173. The Morgan fingerprint density at radius 3 is 2.50 bits per heavy atom. The van der Waals surface area contributed by atoms with Crippen molar-refractivity contribution in [1.82, 2.24) is 4.98 Å². The molecule has 0 radical (unpaired) electrons. The topological polar surface area (TPSA) is 95.1 Å². The number of primary amides is 1. The van der Waals surface area contributed by atoms with Gasteiger partial charge < -0.3 is 15.9 Å². The molecule has 0 aliphatic carbocycles.